The zero-order valence-corrected chi connectivity index (χ0v) is 20.6. The Kier molecular flexibility index (Phi) is 6.03. The number of carboxylic acid groups (broad SMARTS) is 1. The minimum absolute atomic E-state index is 0.0379. The normalized spacial score (nSPS) is 12.0. The number of allylic oxidation sites excluding steroid dienone is 1. The number of rotatable bonds is 7. The van der Waals surface area contributed by atoms with Crippen LogP contribution in [-0.2, 0) is 6.42 Å². The lowest BCUT2D eigenvalue weighted by molar-refractivity contribution is 0.0661. The Morgan fingerprint density at radius 2 is 1.89 bits per heavy atom. The fourth-order valence-corrected chi connectivity index (χ4v) is 4.68. The zero-order chi connectivity index (χ0) is 25.6. The van der Waals surface area contributed by atoms with Crippen LogP contribution in [0.15, 0.2) is 69.3 Å². The number of aromatic hydroxyl groups is 1. The molecule has 0 aliphatic heterocycles. The van der Waals surface area contributed by atoms with Gasteiger partial charge in [-0.2, -0.15) is 0 Å². The molecule has 0 saturated heterocycles. The smallest absolute Gasteiger partial charge is 0.372 e. The maximum Gasteiger partial charge on any atom is 0.372 e. The minimum Gasteiger partial charge on any atom is -0.504 e. The summed E-state index contributed by atoms with van der Waals surface area (Å²) in [5.41, 5.74) is 3.77. The summed E-state index contributed by atoms with van der Waals surface area (Å²) in [6.45, 7) is 1.79. The number of halogens is 1. The van der Waals surface area contributed by atoms with Gasteiger partial charge in [0.15, 0.2) is 5.75 Å². The van der Waals surface area contributed by atoms with E-state index in [-0.39, 0.29) is 17.7 Å². The maximum absolute atomic E-state index is 13.5. The summed E-state index contributed by atoms with van der Waals surface area (Å²) in [5.74, 6) is -3.56. The highest BCUT2D eigenvalue weighted by molar-refractivity contribution is 9.10. The van der Waals surface area contributed by atoms with Crippen LogP contribution in [0.1, 0.15) is 39.2 Å². The highest BCUT2D eigenvalue weighted by Crippen LogP contribution is 2.43. The Bertz CT molecular complexity index is 1690. The van der Waals surface area contributed by atoms with Crippen molar-refractivity contribution >= 4 is 49.5 Å². The van der Waals surface area contributed by atoms with Crippen LogP contribution in [0.5, 0.6) is 5.75 Å². The van der Waals surface area contributed by atoms with Gasteiger partial charge in [-0.15, -0.1) is 0 Å². The number of aromatic amines is 2. The molecule has 5 rings (SSSR count). The van der Waals surface area contributed by atoms with E-state index in [0.717, 1.165) is 26.6 Å². The van der Waals surface area contributed by atoms with Gasteiger partial charge in [-0.1, -0.05) is 45.8 Å². The minimum atomic E-state index is -1.41. The third-order valence-electron chi connectivity index (χ3n) is 6.16. The molecule has 9 heteroatoms. The van der Waals surface area contributed by atoms with Crippen LogP contribution in [0, 0.1) is 0 Å². The first-order chi connectivity index (χ1) is 17.3. The molecule has 0 amide bonds. The van der Waals surface area contributed by atoms with E-state index in [0.29, 0.717) is 22.8 Å². The monoisotopic (exact) mass is 548 g/mol. The molecule has 0 aliphatic rings. The zero-order valence-electron chi connectivity index (χ0n) is 19.1. The Hall–Kier alpha value is -4.08. The van der Waals surface area contributed by atoms with Gasteiger partial charge in [0.05, 0.1) is 17.7 Å². The number of carbonyl (C=O) groups is 2. The van der Waals surface area contributed by atoms with E-state index in [1.807, 2.05) is 37.3 Å². The number of aromatic nitrogens is 2. The number of carboxylic acids is 1. The molecule has 5 aromatic rings. The lowest BCUT2D eigenvalue weighted by Crippen LogP contribution is -1.99. The highest BCUT2D eigenvalue weighted by Gasteiger charge is 2.32. The Labute approximate surface area is 213 Å². The molecule has 0 spiro atoms. The summed E-state index contributed by atoms with van der Waals surface area (Å²) in [6, 6.07) is 10.9. The highest BCUT2D eigenvalue weighted by atomic mass is 79.9. The van der Waals surface area contributed by atoms with Crippen molar-refractivity contribution in [1.82, 2.24) is 9.97 Å². The molecule has 2 aromatic carbocycles. The number of H-pyrrole nitrogens is 2. The van der Waals surface area contributed by atoms with Gasteiger partial charge >= 0.3 is 5.97 Å². The Morgan fingerprint density at radius 3 is 2.64 bits per heavy atom. The third-order valence-corrected chi connectivity index (χ3v) is 6.66. The standard InChI is InChI=1S/C27H21BrN2O6/c1-13(12-31)5-6-14-3-2-4-16-19(11-30-22(14)16)23(32)26-24(33)21(25(36-26)27(34)35)18-10-29-20-8-7-15(28)9-17(18)20/h2-5,7-11,29-31,33H,6,12H2,1H3,(H,34,35)/b13-5+. The molecule has 36 heavy (non-hydrogen) atoms. The van der Waals surface area contributed by atoms with Crippen LogP contribution >= 0.6 is 15.9 Å². The van der Waals surface area contributed by atoms with E-state index >= 15 is 0 Å². The number of hydrogen-bond donors (Lipinski definition) is 5. The van der Waals surface area contributed by atoms with Gasteiger partial charge in [0.2, 0.25) is 17.3 Å². The first-order valence-corrected chi connectivity index (χ1v) is 11.9. The number of carbonyl (C=O) groups excluding carboxylic acids is 1. The lowest BCUT2D eigenvalue weighted by Gasteiger charge is -2.02. The van der Waals surface area contributed by atoms with Crippen molar-refractivity contribution in [2.24, 2.45) is 0 Å². The molecule has 0 fully saturated rings. The number of hydrogen-bond acceptors (Lipinski definition) is 5. The lowest BCUT2D eigenvalue weighted by atomic mass is 10.0. The number of aliphatic hydroxyl groups excluding tert-OH is 1. The quantitative estimate of drug-likeness (QED) is 0.129. The third kappa shape index (κ3) is 3.92. The molecule has 0 radical (unpaired) electrons. The van der Waals surface area contributed by atoms with Crippen molar-refractivity contribution in [2.45, 2.75) is 13.3 Å². The summed E-state index contributed by atoms with van der Waals surface area (Å²) < 4.78 is 6.26. The number of aromatic carboxylic acids is 1. The number of nitrogens with one attached hydrogen (secondary N) is 2. The maximum atomic E-state index is 13.5. The van der Waals surface area contributed by atoms with Gasteiger partial charge < -0.3 is 29.7 Å². The van der Waals surface area contributed by atoms with Crippen molar-refractivity contribution in [1.29, 1.82) is 0 Å². The summed E-state index contributed by atoms with van der Waals surface area (Å²) in [5, 5.41) is 31.4. The second-order valence-electron chi connectivity index (χ2n) is 8.47. The van der Waals surface area contributed by atoms with E-state index in [4.69, 9.17) is 4.42 Å². The fraction of sp³-hybridized carbons (Fsp3) is 0.111. The van der Waals surface area contributed by atoms with Crippen LogP contribution in [0.2, 0.25) is 0 Å². The van der Waals surface area contributed by atoms with Crippen molar-refractivity contribution in [3.05, 3.63) is 87.6 Å². The average Bonchev–Trinajstić information content (AvgIpc) is 3.57. The Balaban J connectivity index is 1.63. The molecule has 3 aromatic heterocycles. The number of benzene rings is 2. The molecule has 182 valence electrons. The van der Waals surface area contributed by atoms with E-state index in [2.05, 4.69) is 25.9 Å². The van der Waals surface area contributed by atoms with Crippen LogP contribution < -0.4 is 0 Å². The summed E-state index contributed by atoms with van der Waals surface area (Å²) in [7, 11) is 0. The topological polar surface area (TPSA) is 140 Å². The fourth-order valence-electron chi connectivity index (χ4n) is 4.32. The number of furan rings is 1. The van der Waals surface area contributed by atoms with Crippen LogP contribution in [0.25, 0.3) is 32.9 Å². The molecule has 0 bridgehead atoms. The van der Waals surface area contributed by atoms with Crippen LogP contribution in [0.3, 0.4) is 0 Å². The molecular weight excluding hydrogens is 528 g/mol. The predicted molar refractivity (Wildman–Crippen MR) is 139 cm³/mol. The summed E-state index contributed by atoms with van der Waals surface area (Å²) in [6.07, 6.45) is 5.54. The first kappa shape index (κ1) is 23.7. The molecule has 8 nitrogen and oxygen atoms in total. The van der Waals surface area contributed by atoms with Crippen molar-refractivity contribution < 1.29 is 29.3 Å². The van der Waals surface area contributed by atoms with Gasteiger partial charge in [0, 0.05) is 44.2 Å². The number of fused-ring (bicyclic) bond motifs is 2. The first-order valence-electron chi connectivity index (χ1n) is 11.1. The van der Waals surface area contributed by atoms with Crippen molar-refractivity contribution in [3.8, 4) is 16.9 Å². The second-order valence-corrected chi connectivity index (χ2v) is 9.38. The largest absolute Gasteiger partial charge is 0.504 e. The molecule has 0 unspecified atom stereocenters. The van der Waals surface area contributed by atoms with Gasteiger partial charge in [-0.05, 0) is 37.1 Å². The van der Waals surface area contributed by atoms with E-state index in [9.17, 15) is 24.9 Å². The van der Waals surface area contributed by atoms with E-state index in [1.165, 1.54) is 6.20 Å². The molecule has 3 heterocycles. The average molecular weight is 549 g/mol. The van der Waals surface area contributed by atoms with Crippen molar-refractivity contribution in [2.75, 3.05) is 6.61 Å². The Morgan fingerprint density at radius 1 is 1.08 bits per heavy atom. The molecule has 0 atom stereocenters. The van der Waals surface area contributed by atoms with Gasteiger partial charge in [-0.3, -0.25) is 4.79 Å². The second kappa shape index (κ2) is 9.18. The number of ketones is 1. The SMILES string of the molecule is C/C(=C\Cc1cccc2c(C(=O)c3oc(C(=O)O)c(-c4c[nH]c5ccc(Br)cc45)c3O)c[nH]c12)CO. The molecule has 0 saturated carbocycles. The van der Waals surface area contributed by atoms with Gasteiger partial charge in [0.1, 0.15) is 0 Å². The number of para-hydroxylation sites is 1. The predicted octanol–water partition coefficient (Wildman–Crippen LogP) is 5.79. The molecular formula is C27H21BrN2O6. The van der Waals surface area contributed by atoms with E-state index < -0.39 is 29.0 Å². The van der Waals surface area contributed by atoms with Gasteiger partial charge in [0.25, 0.3) is 0 Å². The van der Waals surface area contributed by atoms with E-state index in [1.54, 1.807) is 18.3 Å². The van der Waals surface area contributed by atoms with Gasteiger partial charge in [-0.25, -0.2) is 4.79 Å². The van der Waals surface area contributed by atoms with Crippen LogP contribution in [0.4, 0.5) is 0 Å². The summed E-state index contributed by atoms with van der Waals surface area (Å²) in [4.78, 5) is 31.7. The number of aliphatic hydroxyl groups is 1. The van der Waals surface area contributed by atoms with Crippen LogP contribution in [-0.4, -0.2) is 43.6 Å². The summed E-state index contributed by atoms with van der Waals surface area (Å²) >= 11 is 3.41. The molecule has 0 aliphatic carbocycles. The molecule has 5 N–H and O–H groups in total. The van der Waals surface area contributed by atoms with Crippen molar-refractivity contribution in [3.63, 3.8) is 0 Å².